The van der Waals surface area contributed by atoms with E-state index in [0.717, 1.165) is 19.4 Å². The third-order valence-electron chi connectivity index (χ3n) is 6.39. The summed E-state index contributed by atoms with van der Waals surface area (Å²) in [4.78, 5) is 34.9. The van der Waals surface area contributed by atoms with E-state index in [-0.39, 0.29) is 29.3 Å². The van der Waals surface area contributed by atoms with Crippen LogP contribution in [0, 0.1) is 12.4 Å². The zero-order valence-corrected chi connectivity index (χ0v) is 21.8. The summed E-state index contributed by atoms with van der Waals surface area (Å²) in [7, 11) is 2.04. The highest BCUT2D eigenvalue weighted by Crippen LogP contribution is 2.31. The van der Waals surface area contributed by atoms with Gasteiger partial charge in [0.15, 0.2) is 11.0 Å². The molecular weight excluding hydrogens is 489 g/mol. The van der Waals surface area contributed by atoms with E-state index < -0.39 is 23.6 Å². The van der Waals surface area contributed by atoms with Gasteiger partial charge in [-0.15, -0.1) is 0 Å². The number of hydrogen-bond donors (Lipinski definition) is 0. The van der Waals surface area contributed by atoms with Crippen molar-refractivity contribution in [2.75, 3.05) is 51.3 Å². The van der Waals surface area contributed by atoms with Crippen molar-refractivity contribution < 1.29 is 18.7 Å². The van der Waals surface area contributed by atoms with Gasteiger partial charge in [0.25, 0.3) is 0 Å². The highest BCUT2D eigenvalue weighted by Gasteiger charge is 2.36. The number of fused-ring (bicyclic) bond motifs is 1. The molecule has 2 aromatic rings. The fourth-order valence-electron chi connectivity index (χ4n) is 4.54. The minimum atomic E-state index is -0.745. The number of hydrogen-bond acceptors (Lipinski definition) is 8. The molecule has 10 nitrogen and oxygen atoms in total. The Kier molecular flexibility index (Phi) is 7.66. The van der Waals surface area contributed by atoms with Crippen LogP contribution in [0.3, 0.4) is 0 Å². The number of aromatic nitrogens is 3. The van der Waals surface area contributed by atoms with E-state index in [1.165, 1.54) is 6.20 Å². The van der Waals surface area contributed by atoms with Gasteiger partial charge in [0.05, 0.1) is 5.39 Å². The topological polar surface area (TPSA) is 88.3 Å². The van der Waals surface area contributed by atoms with Crippen LogP contribution in [0.4, 0.5) is 15.0 Å². The van der Waals surface area contributed by atoms with Crippen molar-refractivity contribution in [2.24, 2.45) is 0 Å². The monoisotopic (exact) mass is 519 g/mol. The number of rotatable bonds is 5. The molecule has 0 saturated carbocycles. The Morgan fingerprint density at radius 1 is 1.28 bits per heavy atom. The quantitative estimate of drug-likeness (QED) is 0.437. The summed E-state index contributed by atoms with van der Waals surface area (Å²) in [5.41, 5.74) is -0.631. The fraction of sp³-hybridized carbons (Fsp3) is 0.625. The van der Waals surface area contributed by atoms with E-state index in [4.69, 9.17) is 27.6 Å². The average Bonchev–Trinajstić information content (AvgIpc) is 3.23. The normalized spacial score (nSPS) is 21.0. The molecule has 2 fully saturated rings. The third kappa shape index (κ3) is 5.71. The second-order valence-corrected chi connectivity index (χ2v) is 10.5. The van der Waals surface area contributed by atoms with Crippen LogP contribution >= 0.6 is 11.6 Å². The number of pyridine rings is 1. The first kappa shape index (κ1) is 26.1. The Morgan fingerprint density at radius 2 is 2.06 bits per heavy atom. The van der Waals surface area contributed by atoms with Gasteiger partial charge in [-0.3, -0.25) is 4.90 Å². The predicted octanol–water partition coefficient (Wildman–Crippen LogP) is 3.64. The van der Waals surface area contributed by atoms with Crippen LogP contribution < -0.4 is 9.64 Å². The number of anilines is 1. The second kappa shape index (κ2) is 10.6. The maximum Gasteiger partial charge on any atom is 0.410 e. The number of halogens is 2. The van der Waals surface area contributed by atoms with Crippen LogP contribution in [0.25, 0.3) is 15.7 Å². The van der Waals surface area contributed by atoms with Gasteiger partial charge in [0.1, 0.15) is 29.6 Å². The molecule has 12 heteroatoms. The minimum absolute atomic E-state index is 0.0195. The maximum atomic E-state index is 15.0. The lowest BCUT2D eigenvalue weighted by atomic mass is 10.1. The number of piperazine rings is 1. The van der Waals surface area contributed by atoms with Crippen LogP contribution in [-0.4, -0.2) is 94.9 Å². The summed E-state index contributed by atoms with van der Waals surface area (Å²) in [6.45, 7) is 15.3. The number of carbonyl (C=O) groups is 1. The molecule has 0 aliphatic carbocycles. The molecule has 4 heterocycles. The summed E-state index contributed by atoms with van der Waals surface area (Å²) >= 11 is 5.95. The summed E-state index contributed by atoms with van der Waals surface area (Å²) < 4.78 is 26.4. The van der Waals surface area contributed by atoms with E-state index in [1.807, 2.05) is 11.9 Å². The van der Waals surface area contributed by atoms with Gasteiger partial charge in [-0.1, -0.05) is 11.6 Å². The van der Waals surface area contributed by atoms with Crippen LogP contribution in [0.2, 0.25) is 5.15 Å². The lowest BCUT2D eigenvalue weighted by Gasteiger charge is -2.40. The minimum Gasteiger partial charge on any atom is -0.462 e. The molecule has 2 saturated heterocycles. The number of likely N-dealkylation sites (N-methyl/N-ethyl adjacent to an activating group) is 1. The van der Waals surface area contributed by atoms with Crippen molar-refractivity contribution in [1.29, 1.82) is 0 Å². The molecule has 2 aliphatic heterocycles. The van der Waals surface area contributed by atoms with E-state index in [1.54, 1.807) is 25.7 Å². The van der Waals surface area contributed by atoms with Crippen molar-refractivity contribution in [3.05, 3.63) is 28.6 Å². The predicted molar refractivity (Wildman–Crippen MR) is 134 cm³/mol. The lowest BCUT2D eigenvalue weighted by Crippen LogP contribution is -2.57. The molecule has 0 radical (unpaired) electrons. The highest BCUT2D eigenvalue weighted by atomic mass is 35.5. The summed E-state index contributed by atoms with van der Waals surface area (Å²) in [6, 6.07) is -0.146. The molecule has 0 aromatic carbocycles. The molecule has 0 bridgehead atoms. The van der Waals surface area contributed by atoms with Gasteiger partial charge >= 0.3 is 12.1 Å². The zero-order valence-electron chi connectivity index (χ0n) is 21.0. The molecule has 1 amide bonds. The van der Waals surface area contributed by atoms with Gasteiger partial charge in [0.2, 0.25) is 6.54 Å². The van der Waals surface area contributed by atoms with Crippen molar-refractivity contribution in [1.82, 2.24) is 24.8 Å². The first-order valence-electron chi connectivity index (χ1n) is 12.0. The Labute approximate surface area is 215 Å². The number of amides is 1. The van der Waals surface area contributed by atoms with E-state index in [2.05, 4.69) is 24.7 Å². The molecule has 0 spiro atoms. The standard InChI is InChI=1S/C24H31ClFN7O3/c1-24(2,3)36-23(34)33-10-9-32(13-16(33)11-27-4)21-17-12-28-20(25)18(26)19(17)29-22(30-21)35-14-15-7-6-8-31(15)5/h12,15-16H,6-11,13-14H2,1-3,5H3/t15-,16-/m0/s1. The Bertz CT molecular complexity index is 1170. The molecule has 194 valence electrons. The summed E-state index contributed by atoms with van der Waals surface area (Å²) in [5.74, 6) is -0.317. The van der Waals surface area contributed by atoms with Crippen molar-refractivity contribution >= 4 is 34.4 Å². The Hall–Kier alpha value is -2.97. The molecule has 2 aliphatic rings. The second-order valence-electron chi connectivity index (χ2n) is 10.2. The third-order valence-corrected chi connectivity index (χ3v) is 6.65. The number of carbonyl (C=O) groups excluding carboxylic acids is 1. The largest absolute Gasteiger partial charge is 0.462 e. The molecule has 2 atom stereocenters. The fourth-order valence-corrected chi connectivity index (χ4v) is 4.67. The van der Waals surface area contributed by atoms with Gasteiger partial charge < -0.3 is 24.1 Å². The van der Waals surface area contributed by atoms with E-state index >= 15 is 0 Å². The first-order chi connectivity index (χ1) is 17.1. The van der Waals surface area contributed by atoms with Gasteiger partial charge in [-0.25, -0.2) is 20.7 Å². The maximum absolute atomic E-state index is 15.0. The van der Waals surface area contributed by atoms with Gasteiger partial charge in [0, 0.05) is 31.9 Å². The SMILES string of the molecule is [C-]#[N+]C[C@H]1CN(c2nc(OC[C@@H]3CCCN3C)nc3c(F)c(Cl)ncc23)CCN1C(=O)OC(C)(C)C. The number of ether oxygens (including phenoxy) is 2. The average molecular weight is 520 g/mol. The lowest BCUT2D eigenvalue weighted by molar-refractivity contribution is 0.0155. The van der Waals surface area contributed by atoms with Crippen LogP contribution in [0.5, 0.6) is 6.01 Å². The van der Waals surface area contributed by atoms with Crippen LogP contribution in [-0.2, 0) is 4.74 Å². The summed E-state index contributed by atoms with van der Waals surface area (Å²) in [5, 5.41) is 0.101. The Morgan fingerprint density at radius 3 is 2.72 bits per heavy atom. The summed E-state index contributed by atoms with van der Waals surface area (Å²) in [6.07, 6.45) is 3.07. The van der Waals surface area contributed by atoms with Crippen molar-refractivity contribution in [3.8, 4) is 6.01 Å². The van der Waals surface area contributed by atoms with E-state index in [0.29, 0.717) is 37.4 Å². The van der Waals surface area contributed by atoms with Crippen LogP contribution in [0.1, 0.15) is 33.6 Å². The Balaban J connectivity index is 1.64. The molecular formula is C24H31ClFN7O3. The van der Waals surface area contributed by atoms with Gasteiger partial charge in [-0.05, 0) is 47.2 Å². The zero-order chi connectivity index (χ0) is 26.0. The molecule has 0 unspecified atom stereocenters. The number of nitrogens with zero attached hydrogens (tertiary/aromatic N) is 7. The highest BCUT2D eigenvalue weighted by molar-refractivity contribution is 6.30. The number of likely N-dealkylation sites (tertiary alicyclic amines) is 1. The molecule has 4 rings (SSSR count). The van der Waals surface area contributed by atoms with Crippen molar-refractivity contribution in [2.45, 2.75) is 51.3 Å². The molecule has 0 N–H and O–H groups in total. The molecule has 36 heavy (non-hydrogen) atoms. The van der Waals surface area contributed by atoms with Gasteiger partial charge in [-0.2, -0.15) is 9.97 Å². The van der Waals surface area contributed by atoms with E-state index in [9.17, 15) is 9.18 Å². The smallest absolute Gasteiger partial charge is 0.410 e. The van der Waals surface area contributed by atoms with Crippen molar-refractivity contribution in [3.63, 3.8) is 0 Å². The first-order valence-corrected chi connectivity index (χ1v) is 12.4. The molecule has 2 aromatic heterocycles. The van der Waals surface area contributed by atoms with Crippen LogP contribution in [0.15, 0.2) is 6.20 Å².